The highest BCUT2D eigenvalue weighted by molar-refractivity contribution is 9.10. The number of nitrogens with one attached hydrogen (secondary N) is 1. The van der Waals surface area contributed by atoms with Crippen LogP contribution in [0.3, 0.4) is 0 Å². The van der Waals surface area contributed by atoms with E-state index in [1.54, 1.807) is 7.11 Å². The van der Waals surface area contributed by atoms with E-state index in [-0.39, 0.29) is 0 Å². The molecule has 1 heterocycles. The summed E-state index contributed by atoms with van der Waals surface area (Å²) < 4.78 is 6.07. The van der Waals surface area contributed by atoms with Crippen molar-refractivity contribution in [3.05, 3.63) is 34.4 Å². The molecule has 0 atom stereocenters. The number of nitrogen functional groups attached to an aromatic ring is 1. The van der Waals surface area contributed by atoms with Crippen LogP contribution in [0.1, 0.15) is 5.69 Å². The molecule has 0 aliphatic heterocycles. The van der Waals surface area contributed by atoms with Crippen molar-refractivity contribution in [2.75, 3.05) is 12.5 Å². The molecule has 5 nitrogen and oxygen atoms in total. The number of methoxy groups -OCH3 is 1. The second-order valence-corrected chi connectivity index (χ2v) is 4.57. The van der Waals surface area contributed by atoms with Gasteiger partial charge in [0.2, 0.25) is 5.95 Å². The summed E-state index contributed by atoms with van der Waals surface area (Å²) in [6, 6.07) is 7.66. The van der Waals surface area contributed by atoms with Gasteiger partial charge in [-0.2, -0.15) is 0 Å². The first-order chi connectivity index (χ1) is 8.63. The molecule has 94 valence electrons. The number of anilines is 1. The molecular formula is C12H13BrN4O. The molecule has 2 rings (SSSR count). The second-order valence-electron chi connectivity index (χ2n) is 3.71. The summed E-state index contributed by atoms with van der Waals surface area (Å²) in [7, 11) is 1.63. The fourth-order valence-electron chi connectivity index (χ4n) is 1.61. The van der Waals surface area contributed by atoms with Crippen molar-refractivity contribution in [1.29, 1.82) is 0 Å². The van der Waals surface area contributed by atoms with Gasteiger partial charge in [-0.25, -0.2) is 15.8 Å². The zero-order valence-electron chi connectivity index (χ0n) is 10.1. The minimum atomic E-state index is 0.400. The lowest BCUT2D eigenvalue weighted by molar-refractivity contribution is 0.412. The highest BCUT2D eigenvalue weighted by Gasteiger charge is 2.07. The van der Waals surface area contributed by atoms with Gasteiger partial charge in [-0.15, -0.1) is 0 Å². The predicted octanol–water partition coefficient (Wildman–Crippen LogP) is 2.51. The average molecular weight is 309 g/mol. The van der Waals surface area contributed by atoms with Crippen LogP contribution in [0, 0.1) is 6.92 Å². The SMILES string of the molecule is COc1ccc(-c2cc(C)nc(NN)n2)cc1Br. The smallest absolute Gasteiger partial charge is 0.237 e. The molecule has 0 amide bonds. The highest BCUT2D eigenvalue weighted by Crippen LogP contribution is 2.30. The summed E-state index contributed by atoms with van der Waals surface area (Å²) in [5.74, 6) is 6.52. The fourth-order valence-corrected chi connectivity index (χ4v) is 2.15. The van der Waals surface area contributed by atoms with Gasteiger partial charge in [0.05, 0.1) is 17.3 Å². The Morgan fingerprint density at radius 2 is 2.06 bits per heavy atom. The molecule has 3 N–H and O–H groups in total. The molecule has 6 heteroatoms. The van der Waals surface area contributed by atoms with Crippen molar-refractivity contribution in [2.45, 2.75) is 6.92 Å². The van der Waals surface area contributed by atoms with E-state index < -0.39 is 0 Å². The van der Waals surface area contributed by atoms with Crippen molar-refractivity contribution in [2.24, 2.45) is 5.84 Å². The van der Waals surface area contributed by atoms with Gasteiger partial charge in [-0.3, -0.25) is 5.43 Å². The lowest BCUT2D eigenvalue weighted by Gasteiger charge is -2.08. The van der Waals surface area contributed by atoms with Crippen molar-refractivity contribution in [1.82, 2.24) is 9.97 Å². The number of hydrogen-bond acceptors (Lipinski definition) is 5. The molecule has 0 aliphatic carbocycles. The van der Waals surface area contributed by atoms with Crippen LogP contribution in [-0.2, 0) is 0 Å². The van der Waals surface area contributed by atoms with Gasteiger partial charge in [0.15, 0.2) is 0 Å². The van der Waals surface area contributed by atoms with Crippen LogP contribution in [-0.4, -0.2) is 17.1 Å². The minimum Gasteiger partial charge on any atom is -0.496 e. The van der Waals surface area contributed by atoms with Gasteiger partial charge >= 0.3 is 0 Å². The van der Waals surface area contributed by atoms with Crippen LogP contribution in [0.2, 0.25) is 0 Å². The van der Waals surface area contributed by atoms with E-state index in [2.05, 4.69) is 31.3 Å². The number of ether oxygens (including phenoxy) is 1. The third kappa shape index (κ3) is 2.60. The molecule has 0 unspecified atom stereocenters. The van der Waals surface area contributed by atoms with Crippen LogP contribution in [0.4, 0.5) is 5.95 Å². The van der Waals surface area contributed by atoms with Crippen LogP contribution in [0.5, 0.6) is 5.75 Å². The van der Waals surface area contributed by atoms with Crippen LogP contribution in [0.15, 0.2) is 28.7 Å². The van der Waals surface area contributed by atoms with Crippen molar-refractivity contribution >= 4 is 21.9 Å². The Hall–Kier alpha value is -1.66. The number of nitrogens with zero attached hydrogens (tertiary/aromatic N) is 2. The standard InChI is InChI=1S/C12H13BrN4O/c1-7-5-10(16-12(15-7)17-14)8-3-4-11(18-2)9(13)6-8/h3-6H,14H2,1-2H3,(H,15,16,17). The maximum Gasteiger partial charge on any atom is 0.237 e. The zero-order chi connectivity index (χ0) is 13.1. The van der Waals surface area contributed by atoms with Gasteiger partial charge in [-0.05, 0) is 47.1 Å². The Bertz CT molecular complexity index is 574. The van der Waals surface area contributed by atoms with Gasteiger partial charge in [-0.1, -0.05) is 0 Å². The van der Waals surface area contributed by atoms with E-state index in [1.807, 2.05) is 31.2 Å². The largest absolute Gasteiger partial charge is 0.496 e. The molecule has 0 aliphatic rings. The summed E-state index contributed by atoms with van der Waals surface area (Å²) in [5, 5.41) is 0. The first kappa shape index (κ1) is 12.8. The summed E-state index contributed by atoms with van der Waals surface area (Å²) in [4.78, 5) is 8.46. The molecule has 18 heavy (non-hydrogen) atoms. The number of hydrogen-bond donors (Lipinski definition) is 2. The number of benzene rings is 1. The molecule has 0 spiro atoms. The molecule has 2 aromatic rings. The second kappa shape index (κ2) is 5.32. The maximum absolute atomic E-state index is 5.34. The van der Waals surface area contributed by atoms with Crippen molar-refractivity contribution in [3.8, 4) is 17.0 Å². The third-order valence-corrected chi connectivity index (χ3v) is 3.05. The van der Waals surface area contributed by atoms with Crippen LogP contribution in [0.25, 0.3) is 11.3 Å². The molecule has 0 bridgehead atoms. The molecule has 1 aromatic heterocycles. The van der Waals surface area contributed by atoms with Crippen molar-refractivity contribution < 1.29 is 4.74 Å². The minimum absolute atomic E-state index is 0.400. The Labute approximate surface area is 113 Å². The molecule has 1 aromatic carbocycles. The molecule has 0 saturated carbocycles. The quantitative estimate of drug-likeness (QED) is 0.673. The summed E-state index contributed by atoms with van der Waals surface area (Å²) in [6.45, 7) is 1.89. The van der Waals surface area contributed by atoms with Gasteiger partial charge < -0.3 is 4.74 Å². The Morgan fingerprint density at radius 1 is 1.28 bits per heavy atom. The van der Waals surface area contributed by atoms with E-state index in [9.17, 15) is 0 Å². The number of hydrazine groups is 1. The molecule has 0 fully saturated rings. The summed E-state index contributed by atoms with van der Waals surface area (Å²) in [6.07, 6.45) is 0. The lowest BCUT2D eigenvalue weighted by Crippen LogP contribution is -2.11. The van der Waals surface area contributed by atoms with E-state index in [4.69, 9.17) is 10.6 Å². The van der Waals surface area contributed by atoms with E-state index in [0.29, 0.717) is 5.95 Å². The Morgan fingerprint density at radius 3 is 2.67 bits per heavy atom. The molecule has 0 radical (unpaired) electrons. The molecule has 0 saturated heterocycles. The van der Waals surface area contributed by atoms with Crippen LogP contribution >= 0.6 is 15.9 Å². The predicted molar refractivity (Wildman–Crippen MR) is 74.3 cm³/mol. The van der Waals surface area contributed by atoms with E-state index in [0.717, 1.165) is 27.2 Å². The monoisotopic (exact) mass is 308 g/mol. The molecular weight excluding hydrogens is 296 g/mol. The number of nitrogens with two attached hydrogens (primary N) is 1. The Balaban J connectivity index is 2.48. The van der Waals surface area contributed by atoms with E-state index >= 15 is 0 Å². The fraction of sp³-hybridized carbons (Fsp3) is 0.167. The van der Waals surface area contributed by atoms with Crippen LogP contribution < -0.4 is 16.0 Å². The lowest BCUT2D eigenvalue weighted by atomic mass is 10.1. The number of aryl methyl sites for hydroxylation is 1. The normalized spacial score (nSPS) is 10.2. The summed E-state index contributed by atoms with van der Waals surface area (Å²) in [5.41, 5.74) is 5.07. The number of rotatable bonds is 3. The first-order valence-electron chi connectivity index (χ1n) is 5.30. The number of halogens is 1. The zero-order valence-corrected chi connectivity index (χ0v) is 11.7. The first-order valence-corrected chi connectivity index (χ1v) is 6.09. The Kier molecular flexibility index (Phi) is 3.78. The van der Waals surface area contributed by atoms with Gasteiger partial charge in [0.1, 0.15) is 5.75 Å². The van der Waals surface area contributed by atoms with Gasteiger partial charge in [0, 0.05) is 11.3 Å². The number of aromatic nitrogens is 2. The topological polar surface area (TPSA) is 73.1 Å². The van der Waals surface area contributed by atoms with Gasteiger partial charge in [0.25, 0.3) is 0 Å². The summed E-state index contributed by atoms with van der Waals surface area (Å²) >= 11 is 3.45. The highest BCUT2D eigenvalue weighted by atomic mass is 79.9. The van der Waals surface area contributed by atoms with E-state index in [1.165, 1.54) is 0 Å². The van der Waals surface area contributed by atoms with Crippen molar-refractivity contribution in [3.63, 3.8) is 0 Å². The maximum atomic E-state index is 5.34. The average Bonchev–Trinajstić information content (AvgIpc) is 2.37. The third-order valence-electron chi connectivity index (χ3n) is 2.43.